The second kappa shape index (κ2) is 41.0. The molecule has 0 radical (unpaired) electrons. The molecular weight excluding hydrogens is 1250 g/mol. The topological polar surface area (TPSA) is 519 Å². The third-order valence-corrected chi connectivity index (χ3v) is 16.7. The summed E-state index contributed by atoms with van der Waals surface area (Å²) >= 11 is 1.45. The number of nitrogens with one attached hydrogen (secondary N) is 8. The second-order valence-corrected chi connectivity index (χ2v) is 25.1. The summed E-state index contributed by atoms with van der Waals surface area (Å²) in [6.45, 7) is 3.86. The van der Waals surface area contributed by atoms with Crippen LogP contribution in [-0.4, -0.2) is 198 Å². The van der Waals surface area contributed by atoms with Gasteiger partial charge in [0.1, 0.15) is 54.4 Å². The van der Waals surface area contributed by atoms with E-state index < -0.39 is 169 Å². The quantitative estimate of drug-likeness (QED) is 0.0173. The molecule has 13 amide bonds. The van der Waals surface area contributed by atoms with Gasteiger partial charge < -0.3 is 92.5 Å². The standard InChI is InChI=1S/C63H98N18O13S/c1-37(2)33-45(57(89)74-41(53(68)85)27-32-95-3)73-52(84)36-72-54(86)46(34-38-15-6-4-7-16-38)78-58(90)47(35-39-17-8-5-9-18-39)79-56(88)42(23-25-50(66)82)75-55(87)43(24-26-51(67)83)76-59(91)49-22-14-31-81(49)62(94)44(20-10-11-28-64)77-60(92)48-21-13-30-80(48)61(93)40(65)19-12-29-71-63(69)70/h4-9,15-18,37,40-49H,10-14,19-36,64-65H2,1-3H3,(H2,66,82)(H2,67,83)(H2,68,85)(H,72,86)(H,73,84)(H,74,89)(H,75,87)(H,76,91)(H,77,92)(H,78,90)(H,79,88)(H4,69,70,71)/t40-,41-,42+,43+,44+,45+,46-,47-,48+,49-/m0/s1. The number of nitrogens with zero attached hydrogens (tertiary/aromatic N) is 3. The molecule has 4 rings (SSSR count). The molecule has 0 aromatic heterocycles. The first-order valence-electron chi connectivity index (χ1n) is 32.2. The zero-order valence-electron chi connectivity index (χ0n) is 54.5. The molecule has 0 saturated carbocycles. The van der Waals surface area contributed by atoms with Crippen molar-refractivity contribution >= 4 is 94.5 Å². The molecule has 2 saturated heterocycles. The fourth-order valence-corrected chi connectivity index (χ4v) is 11.5. The maximum absolute atomic E-state index is 14.7. The van der Waals surface area contributed by atoms with Crippen LogP contribution in [0.25, 0.3) is 0 Å². The molecule has 2 aliphatic heterocycles. The molecule has 2 heterocycles. The molecule has 0 aliphatic carbocycles. The number of primary amides is 3. The number of thioether (sulfide) groups is 1. The van der Waals surface area contributed by atoms with Gasteiger partial charge in [0.05, 0.1) is 12.6 Å². The van der Waals surface area contributed by atoms with Crippen LogP contribution in [0.15, 0.2) is 65.7 Å². The summed E-state index contributed by atoms with van der Waals surface area (Å²) in [5, 5.41) is 21.1. The molecule has 95 heavy (non-hydrogen) atoms. The Morgan fingerprint density at radius 3 is 1.51 bits per heavy atom. The van der Waals surface area contributed by atoms with Crippen LogP contribution < -0.4 is 82.7 Å². The Morgan fingerprint density at radius 1 is 0.537 bits per heavy atom. The van der Waals surface area contributed by atoms with Crippen LogP contribution in [0.1, 0.15) is 121 Å². The maximum Gasteiger partial charge on any atom is 0.245 e. The molecule has 2 aliphatic rings. The first-order chi connectivity index (χ1) is 45.2. The lowest BCUT2D eigenvalue weighted by Gasteiger charge is -2.32. The lowest BCUT2D eigenvalue weighted by atomic mass is 10.0. The molecule has 2 aromatic rings. The summed E-state index contributed by atoms with van der Waals surface area (Å²) in [5.41, 5.74) is 40.6. The Morgan fingerprint density at radius 2 is 1.01 bits per heavy atom. The van der Waals surface area contributed by atoms with Crippen LogP contribution in [-0.2, 0) is 75.2 Å². The lowest BCUT2D eigenvalue weighted by Crippen LogP contribution is -2.60. The van der Waals surface area contributed by atoms with Gasteiger partial charge in [0, 0.05) is 45.3 Å². The predicted octanol–water partition coefficient (Wildman–Crippen LogP) is -3.71. The minimum absolute atomic E-state index is 0.0736. The van der Waals surface area contributed by atoms with Crippen molar-refractivity contribution in [2.45, 2.75) is 183 Å². The third-order valence-electron chi connectivity index (χ3n) is 16.0. The van der Waals surface area contributed by atoms with Crippen molar-refractivity contribution in [1.29, 1.82) is 0 Å². The van der Waals surface area contributed by atoms with E-state index in [9.17, 15) is 62.3 Å². The highest BCUT2D eigenvalue weighted by Gasteiger charge is 2.42. The van der Waals surface area contributed by atoms with Crippen molar-refractivity contribution < 1.29 is 62.3 Å². The summed E-state index contributed by atoms with van der Waals surface area (Å²) < 4.78 is 0. The van der Waals surface area contributed by atoms with E-state index in [-0.39, 0.29) is 83.0 Å². The van der Waals surface area contributed by atoms with Gasteiger partial charge in [0.15, 0.2) is 5.96 Å². The Hall–Kier alpha value is -8.91. The number of likely N-dealkylation sites (tertiary alicyclic amines) is 2. The minimum Gasteiger partial charge on any atom is -0.370 e. The molecular formula is C63H98N18O13S. The van der Waals surface area contributed by atoms with E-state index in [2.05, 4.69) is 47.5 Å². The van der Waals surface area contributed by atoms with Gasteiger partial charge in [-0.15, -0.1) is 0 Å². The zero-order valence-corrected chi connectivity index (χ0v) is 55.3. The SMILES string of the molecule is CSCC[C@H](NC(=O)[C@@H](CC(C)C)NC(=O)CNC(=O)[C@H](Cc1ccccc1)NC(=O)[C@H](Cc1ccccc1)NC(=O)[C@@H](CCC(N)=O)NC(=O)[C@@H](CCC(N)=O)NC(=O)[C@@H]1CCCN1C(=O)[C@@H](CCCCN)NC(=O)[C@H]1CCCN1C(=O)[C@@H](N)CCCN=C(N)N)C(N)=O. The zero-order chi connectivity index (χ0) is 70.1. The van der Waals surface area contributed by atoms with Gasteiger partial charge in [-0.2, -0.15) is 11.8 Å². The van der Waals surface area contributed by atoms with Gasteiger partial charge in [0.25, 0.3) is 0 Å². The van der Waals surface area contributed by atoms with Crippen molar-refractivity contribution in [2.75, 3.05) is 44.7 Å². The van der Waals surface area contributed by atoms with Crippen molar-refractivity contribution in [3.63, 3.8) is 0 Å². The molecule has 0 bridgehead atoms. The van der Waals surface area contributed by atoms with Crippen molar-refractivity contribution in [3.05, 3.63) is 71.8 Å². The summed E-state index contributed by atoms with van der Waals surface area (Å²) in [5.74, 6) is -9.80. The number of benzene rings is 2. The maximum atomic E-state index is 14.7. The minimum atomic E-state index is -1.64. The molecule has 0 spiro atoms. The number of amides is 13. The van der Waals surface area contributed by atoms with E-state index in [1.165, 1.54) is 21.6 Å². The number of guanidine groups is 1. The second-order valence-electron chi connectivity index (χ2n) is 24.1. The van der Waals surface area contributed by atoms with Gasteiger partial charge in [0.2, 0.25) is 76.8 Å². The van der Waals surface area contributed by atoms with Crippen LogP contribution >= 0.6 is 11.8 Å². The van der Waals surface area contributed by atoms with Gasteiger partial charge in [-0.3, -0.25) is 67.3 Å². The largest absolute Gasteiger partial charge is 0.370 e. The number of unbranched alkanes of at least 4 members (excludes halogenated alkanes) is 1. The number of rotatable bonds is 42. The number of hydrogen-bond acceptors (Lipinski definition) is 17. The van der Waals surface area contributed by atoms with Gasteiger partial charge in [-0.1, -0.05) is 74.5 Å². The van der Waals surface area contributed by atoms with E-state index in [1.54, 1.807) is 60.7 Å². The molecule has 2 aromatic carbocycles. The van der Waals surface area contributed by atoms with E-state index in [1.807, 2.05) is 20.1 Å². The Kier molecular flexibility index (Phi) is 33.9. The van der Waals surface area contributed by atoms with E-state index >= 15 is 0 Å². The first-order valence-corrected chi connectivity index (χ1v) is 33.6. The molecule has 524 valence electrons. The summed E-state index contributed by atoms with van der Waals surface area (Å²) in [7, 11) is 0. The fourth-order valence-electron chi connectivity index (χ4n) is 11.0. The lowest BCUT2D eigenvalue weighted by molar-refractivity contribution is -0.144. The van der Waals surface area contributed by atoms with Crippen molar-refractivity contribution in [2.24, 2.45) is 51.0 Å². The summed E-state index contributed by atoms with van der Waals surface area (Å²) in [4.78, 5) is 185. The van der Waals surface area contributed by atoms with E-state index in [0.717, 1.165) is 0 Å². The molecule has 32 heteroatoms. The van der Waals surface area contributed by atoms with E-state index in [0.29, 0.717) is 55.4 Å². The highest BCUT2D eigenvalue weighted by Crippen LogP contribution is 2.24. The molecule has 10 atom stereocenters. The average Bonchev–Trinajstić information content (AvgIpc) is 1.74. The third kappa shape index (κ3) is 27.5. The van der Waals surface area contributed by atoms with Crippen LogP contribution in [0, 0.1) is 5.92 Å². The van der Waals surface area contributed by atoms with Crippen LogP contribution in [0.2, 0.25) is 0 Å². The van der Waals surface area contributed by atoms with Gasteiger partial charge >= 0.3 is 0 Å². The highest BCUT2D eigenvalue weighted by atomic mass is 32.2. The normalized spacial score (nSPS) is 16.8. The number of carbonyl (C=O) groups excluding carboxylic acids is 13. The number of hydrogen-bond donors (Lipinski definition) is 15. The monoisotopic (exact) mass is 1350 g/mol. The number of carbonyl (C=O) groups is 13. The summed E-state index contributed by atoms with van der Waals surface area (Å²) in [6.07, 6.45) is 3.12. The number of aliphatic imine (C=N–C) groups is 1. The number of nitrogens with two attached hydrogens (primary N) is 7. The predicted molar refractivity (Wildman–Crippen MR) is 356 cm³/mol. The highest BCUT2D eigenvalue weighted by molar-refractivity contribution is 7.98. The van der Waals surface area contributed by atoms with E-state index in [4.69, 9.17) is 40.1 Å². The van der Waals surface area contributed by atoms with Gasteiger partial charge in [-0.05, 0) is 119 Å². The Labute approximate surface area is 558 Å². The summed E-state index contributed by atoms with van der Waals surface area (Å²) in [6, 6.07) is 4.51. The molecule has 22 N–H and O–H groups in total. The van der Waals surface area contributed by atoms with Crippen LogP contribution in [0.5, 0.6) is 0 Å². The molecule has 31 nitrogen and oxygen atoms in total. The fraction of sp³-hybridized carbons (Fsp3) is 0.587. The first kappa shape index (κ1) is 78.5. The van der Waals surface area contributed by atoms with Crippen molar-refractivity contribution in [3.8, 4) is 0 Å². The van der Waals surface area contributed by atoms with Crippen molar-refractivity contribution in [1.82, 2.24) is 52.3 Å². The smallest absolute Gasteiger partial charge is 0.245 e. The van der Waals surface area contributed by atoms with Gasteiger partial charge in [-0.25, -0.2) is 0 Å². The Bertz CT molecular complexity index is 2960. The van der Waals surface area contributed by atoms with Crippen LogP contribution in [0.3, 0.4) is 0 Å². The molecule has 0 unspecified atom stereocenters. The molecule has 2 fully saturated rings. The van der Waals surface area contributed by atoms with Crippen LogP contribution in [0.4, 0.5) is 0 Å². The Balaban J connectivity index is 1.56. The average molecular weight is 1350 g/mol.